The van der Waals surface area contributed by atoms with Crippen LogP contribution < -0.4 is 10.6 Å². The fourth-order valence-corrected chi connectivity index (χ4v) is 2.88. The first-order valence-corrected chi connectivity index (χ1v) is 8.78. The van der Waals surface area contributed by atoms with E-state index in [2.05, 4.69) is 16.7 Å². The van der Waals surface area contributed by atoms with E-state index in [1.54, 1.807) is 42.7 Å². The van der Waals surface area contributed by atoms with Crippen LogP contribution in [0.25, 0.3) is 0 Å². The van der Waals surface area contributed by atoms with Crippen molar-refractivity contribution >= 4 is 17.5 Å². The van der Waals surface area contributed by atoms with Gasteiger partial charge in [0.2, 0.25) is 5.91 Å². The van der Waals surface area contributed by atoms with Crippen LogP contribution in [0.15, 0.2) is 65.3 Å². The van der Waals surface area contributed by atoms with Crippen molar-refractivity contribution in [2.45, 2.75) is 26.8 Å². The maximum absolute atomic E-state index is 12.5. The van der Waals surface area contributed by atoms with E-state index in [9.17, 15) is 9.59 Å². The van der Waals surface area contributed by atoms with Gasteiger partial charge in [-0.3, -0.25) is 9.59 Å². The summed E-state index contributed by atoms with van der Waals surface area (Å²) < 4.78 is 5.22. The molecule has 0 radical (unpaired) electrons. The predicted octanol–water partition coefficient (Wildman–Crippen LogP) is 4.01. The summed E-state index contributed by atoms with van der Waals surface area (Å²) in [5, 5.41) is 5.65. The van der Waals surface area contributed by atoms with Crippen molar-refractivity contribution in [2.24, 2.45) is 0 Å². The lowest BCUT2D eigenvalue weighted by molar-refractivity contribution is -0.115. The lowest BCUT2D eigenvalue weighted by atomic mass is 10.0. The fraction of sp³-hybridized carbons (Fsp3) is 0.182. The minimum atomic E-state index is -0.270. The summed E-state index contributed by atoms with van der Waals surface area (Å²) in [4.78, 5) is 25.0. The molecule has 5 nitrogen and oxygen atoms in total. The van der Waals surface area contributed by atoms with E-state index in [0.29, 0.717) is 17.0 Å². The molecule has 2 N–H and O–H groups in total. The third kappa shape index (κ3) is 4.85. The van der Waals surface area contributed by atoms with Crippen molar-refractivity contribution in [3.05, 3.63) is 88.9 Å². The highest BCUT2D eigenvalue weighted by Crippen LogP contribution is 2.17. The highest BCUT2D eigenvalue weighted by atomic mass is 16.3. The molecule has 0 fully saturated rings. The second kappa shape index (κ2) is 8.36. The predicted molar refractivity (Wildman–Crippen MR) is 105 cm³/mol. The minimum absolute atomic E-state index is 0.159. The highest BCUT2D eigenvalue weighted by molar-refractivity contribution is 6.04. The Morgan fingerprint density at radius 2 is 1.81 bits per heavy atom. The Morgan fingerprint density at radius 3 is 2.56 bits per heavy atom. The largest absolute Gasteiger partial charge is 0.467 e. The van der Waals surface area contributed by atoms with E-state index in [4.69, 9.17) is 4.42 Å². The molecule has 2 amide bonds. The van der Waals surface area contributed by atoms with Gasteiger partial charge in [-0.2, -0.15) is 0 Å². The second-order valence-electron chi connectivity index (χ2n) is 6.46. The standard InChI is InChI=1S/C22H22N2O3/c1-15-9-10-17(16(2)12-15)13-21(25)24-20-8-4-3-7-19(20)22(26)23-14-18-6-5-11-27-18/h3-12H,13-14H2,1-2H3,(H,23,26)(H,24,25). The molecule has 0 bridgehead atoms. The molecule has 0 unspecified atom stereocenters. The highest BCUT2D eigenvalue weighted by Gasteiger charge is 2.14. The molecule has 1 aromatic heterocycles. The van der Waals surface area contributed by atoms with Crippen molar-refractivity contribution in [3.8, 4) is 0 Å². The molecule has 1 heterocycles. The Labute approximate surface area is 158 Å². The van der Waals surface area contributed by atoms with Gasteiger partial charge in [0.25, 0.3) is 5.91 Å². The number of aryl methyl sites for hydroxylation is 2. The normalized spacial score (nSPS) is 10.4. The number of furan rings is 1. The van der Waals surface area contributed by atoms with Gasteiger partial charge in [0.05, 0.1) is 30.5 Å². The topological polar surface area (TPSA) is 71.3 Å². The van der Waals surface area contributed by atoms with Gasteiger partial charge in [-0.1, -0.05) is 35.9 Å². The van der Waals surface area contributed by atoms with Crippen LogP contribution in [0.2, 0.25) is 0 Å². The van der Waals surface area contributed by atoms with E-state index in [0.717, 1.165) is 16.7 Å². The third-order valence-corrected chi connectivity index (χ3v) is 4.30. The molecule has 3 rings (SSSR count). The number of rotatable bonds is 6. The monoisotopic (exact) mass is 362 g/mol. The van der Waals surface area contributed by atoms with E-state index in [1.165, 1.54) is 0 Å². The van der Waals surface area contributed by atoms with Gasteiger partial charge in [-0.15, -0.1) is 0 Å². The van der Waals surface area contributed by atoms with Gasteiger partial charge in [0, 0.05) is 0 Å². The van der Waals surface area contributed by atoms with Crippen LogP contribution in [-0.4, -0.2) is 11.8 Å². The van der Waals surface area contributed by atoms with Crippen molar-refractivity contribution < 1.29 is 14.0 Å². The number of amides is 2. The van der Waals surface area contributed by atoms with Crippen LogP contribution in [0.5, 0.6) is 0 Å². The van der Waals surface area contributed by atoms with E-state index >= 15 is 0 Å². The van der Waals surface area contributed by atoms with Crippen LogP contribution in [-0.2, 0) is 17.8 Å². The lowest BCUT2D eigenvalue weighted by Crippen LogP contribution is -2.25. The Balaban J connectivity index is 1.67. The molecule has 138 valence electrons. The molecule has 0 aliphatic heterocycles. The number of anilines is 1. The smallest absolute Gasteiger partial charge is 0.253 e. The Hall–Kier alpha value is -3.34. The van der Waals surface area contributed by atoms with Gasteiger partial charge in [-0.05, 0) is 49.2 Å². The summed E-state index contributed by atoms with van der Waals surface area (Å²) in [6, 6.07) is 16.5. The van der Waals surface area contributed by atoms with E-state index in [-0.39, 0.29) is 24.8 Å². The SMILES string of the molecule is Cc1ccc(CC(=O)Nc2ccccc2C(=O)NCc2ccco2)c(C)c1. The maximum atomic E-state index is 12.5. The number of hydrogen-bond donors (Lipinski definition) is 2. The van der Waals surface area contributed by atoms with Gasteiger partial charge < -0.3 is 15.1 Å². The van der Waals surface area contributed by atoms with Crippen LogP contribution in [0.4, 0.5) is 5.69 Å². The van der Waals surface area contributed by atoms with Crippen molar-refractivity contribution in [3.63, 3.8) is 0 Å². The molecule has 0 spiro atoms. The quantitative estimate of drug-likeness (QED) is 0.696. The minimum Gasteiger partial charge on any atom is -0.467 e. The van der Waals surface area contributed by atoms with E-state index < -0.39 is 0 Å². The Morgan fingerprint density at radius 1 is 1.00 bits per heavy atom. The molecule has 0 atom stereocenters. The Kier molecular flexibility index (Phi) is 5.71. The number of hydrogen-bond acceptors (Lipinski definition) is 3. The molecule has 0 saturated heterocycles. The van der Waals surface area contributed by atoms with Gasteiger partial charge in [0.15, 0.2) is 0 Å². The first-order chi connectivity index (χ1) is 13.0. The van der Waals surface area contributed by atoms with Gasteiger partial charge in [0.1, 0.15) is 5.76 Å². The van der Waals surface area contributed by atoms with Crippen LogP contribution >= 0.6 is 0 Å². The summed E-state index contributed by atoms with van der Waals surface area (Å²) in [6.45, 7) is 4.30. The molecule has 0 saturated carbocycles. The summed E-state index contributed by atoms with van der Waals surface area (Å²) in [5.74, 6) is 0.238. The van der Waals surface area contributed by atoms with Crippen molar-refractivity contribution in [2.75, 3.05) is 5.32 Å². The third-order valence-electron chi connectivity index (χ3n) is 4.30. The number of carbonyl (C=O) groups is 2. The molecule has 0 aliphatic carbocycles. The molecule has 0 aliphatic rings. The number of para-hydroxylation sites is 1. The molecule has 3 aromatic rings. The second-order valence-corrected chi connectivity index (χ2v) is 6.46. The average molecular weight is 362 g/mol. The van der Waals surface area contributed by atoms with E-state index in [1.807, 2.05) is 26.0 Å². The van der Waals surface area contributed by atoms with Crippen LogP contribution in [0.3, 0.4) is 0 Å². The summed E-state index contributed by atoms with van der Waals surface area (Å²) >= 11 is 0. The van der Waals surface area contributed by atoms with Crippen LogP contribution in [0, 0.1) is 13.8 Å². The van der Waals surface area contributed by atoms with Gasteiger partial charge in [-0.25, -0.2) is 0 Å². The number of benzene rings is 2. The maximum Gasteiger partial charge on any atom is 0.253 e. The zero-order chi connectivity index (χ0) is 19.2. The summed E-state index contributed by atoms with van der Waals surface area (Å²) in [5.41, 5.74) is 4.12. The van der Waals surface area contributed by atoms with Crippen molar-refractivity contribution in [1.29, 1.82) is 0 Å². The average Bonchev–Trinajstić information content (AvgIpc) is 3.16. The molecule has 27 heavy (non-hydrogen) atoms. The Bertz CT molecular complexity index is 946. The molecular weight excluding hydrogens is 340 g/mol. The van der Waals surface area contributed by atoms with Gasteiger partial charge >= 0.3 is 0 Å². The first kappa shape index (κ1) is 18.5. The zero-order valence-corrected chi connectivity index (χ0v) is 15.4. The molecular formula is C22H22N2O3. The zero-order valence-electron chi connectivity index (χ0n) is 15.4. The number of nitrogens with one attached hydrogen (secondary N) is 2. The fourth-order valence-electron chi connectivity index (χ4n) is 2.88. The first-order valence-electron chi connectivity index (χ1n) is 8.78. The molecule has 2 aromatic carbocycles. The molecule has 5 heteroatoms. The van der Waals surface area contributed by atoms with Crippen LogP contribution in [0.1, 0.15) is 32.8 Å². The summed E-state index contributed by atoms with van der Waals surface area (Å²) in [7, 11) is 0. The summed E-state index contributed by atoms with van der Waals surface area (Å²) in [6.07, 6.45) is 1.82. The lowest BCUT2D eigenvalue weighted by Gasteiger charge is -2.12. The number of carbonyl (C=O) groups excluding carboxylic acids is 2. The van der Waals surface area contributed by atoms with Crippen molar-refractivity contribution in [1.82, 2.24) is 5.32 Å².